The molecule has 0 aliphatic heterocycles. The average Bonchev–Trinajstić information content (AvgIpc) is 2.85. The maximum Gasteiger partial charge on any atom is 0.141 e. The van der Waals surface area contributed by atoms with Gasteiger partial charge in [0.25, 0.3) is 0 Å². The van der Waals surface area contributed by atoms with Crippen molar-refractivity contribution in [3.63, 3.8) is 0 Å². The Bertz CT molecular complexity index is 601. The Morgan fingerprint density at radius 1 is 1.24 bits per heavy atom. The van der Waals surface area contributed by atoms with Crippen molar-refractivity contribution in [3.8, 4) is 0 Å². The van der Waals surface area contributed by atoms with Crippen LogP contribution in [0.4, 0.5) is 0 Å². The van der Waals surface area contributed by atoms with Crippen LogP contribution in [0.5, 0.6) is 0 Å². The molecule has 0 radical (unpaired) electrons. The molecular weight excluding hydrogens is 252 g/mol. The average molecular weight is 265 g/mol. The predicted octanol–water partition coefficient (Wildman–Crippen LogP) is 3.79. The van der Waals surface area contributed by atoms with Crippen molar-refractivity contribution in [1.82, 2.24) is 9.97 Å². The summed E-state index contributed by atoms with van der Waals surface area (Å²) in [6.45, 7) is 0. The Labute approximate surface area is 109 Å². The molecule has 4 heteroatoms. The van der Waals surface area contributed by atoms with Crippen molar-refractivity contribution < 1.29 is 0 Å². The highest BCUT2D eigenvalue weighted by Gasteiger charge is 2.25. The van der Waals surface area contributed by atoms with E-state index in [1.54, 1.807) is 0 Å². The second-order valence-electron chi connectivity index (χ2n) is 5.12. The van der Waals surface area contributed by atoms with Gasteiger partial charge in [-0.05, 0) is 43.6 Å². The summed E-state index contributed by atoms with van der Waals surface area (Å²) in [7, 11) is 0. The number of aryl methyl sites for hydroxylation is 2. The largest absolute Gasteiger partial charge is 0.222 e. The zero-order chi connectivity index (χ0) is 11.4. The fourth-order valence-electron chi connectivity index (χ4n) is 2.66. The van der Waals surface area contributed by atoms with Crippen LogP contribution in [0.1, 0.15) is 35.5 Å². The summed E-state index contributed by atoms with van der Waals surface area (Å²) < 4.78 is 0. The Kier molecular flexibility index (Phi) is 2.21. The van der Waals surface area contributed by atoms with Crippen LogP contribution in [0, 0.1) is 5.92 Å². The number of fused-ring (bicyclic) bond motifs is 3. The SMILES string of the molecule is Clc1nc(CC2CC2)nc2sc3c(c12)CCC3. The first-order valence-electron chi connectivity index (χ1n) is 6.28. The van der Waals surface area contributed by atoms with E-state index in [1.807, 2.05) is 11.3 Å². The molecule has 4 rings (SSSR count). The van der Waals surface area contributed by atoms with Crippen LogP contribution in [0.2, 0.25) is 5.15 Å². The van der Waals surface area contributed by atoms with Gasteiger partial charge in [-0.3, -0.25) is 0 Å². The van der Waals surface area contributed by atoms with E-state index in [0.717, 1.165) is 34.8 Å². The number of nitrogens with zero attached hydrogens (tertiary/aromatic N) is 2. The van der Waals surface area contributed by atoms with Gasteiger partial charge >= 0.3 is 0 Å². The van der Waals surface area contributed by atoms with E-state index in [-0.39, 0.29) is 0 Å². The minimum Gasteiger partial charge on any atom is -0.222 e. The van der Waals surface area contributed by atoms with E-state index < -0.39 is 0 Å². The van der Waals surface area contributed by atoms with Crippen LogP contribution >= 0.6 is 22.9 Å². The van der Waals surface area contributed by atoms with Crippen LogP contribution < -0.4 is 0 Å². The molecule has 0 aromatic carbocycles. The van der Waals surface area contributed by atoms with Crippen LogP contribution in [0.15, 0.2) is 0 Å². The molecular formula is C13H13ClN2S. The smallest absolute Gasteiger partial charge is 0.141 e. The van der Waals surface area contributed by atoms with Crippen molar-refractivity contribution in [2.45, 2.75) is 38.5 Å². The van der Waals surface area contributed by atoms with E-state index >= 15 is 0 Å². The minimum absolute atomic E-state index is 0.685. The molecule has 2 nitrogen and oxygen atoms in total. The Hall–Kier alpha value is -0.670. The molecule has 2 aliphatic rings. The summed E-state index contributed by atoms with van der Waals surface area (Å²) in [6, 6.07) is 0. The van der Waals surface area contributed by atoms with Crippen molar-refractivity contribution in [2.24, 2.45) is 5.92 Å². The fraction of sp³-hybridized carbons (Fsp3) is 0.538. The van der Waals surface area contributed by atoms with E-state index in [1.165, 1.54) is 36.1 Å². The zero-order valence-electron chi connectivity index (χ0n) is 9.50. The molecule has 17 heavy (non-hydrogen) atoms. The first kappa shape index (κ1) is 10.3. The normalized spacial score (nSPS) is 18.9. The molecule has 0 atom stereocenters. The quantitative estimate of drug-likeness (QED) is 0.772. The first-order valence-corrected chi connectivity index (χ1v) is 7.47. The second-order valence-corrected chi connectivity index (χ2v) is 6.56. The number of aromatic nitrogens is 2. The molecule has 1 saturated carbocycles. The molecule has 0 unspecified atom stereocenters. The molecule has 1 fully saturated rings. The van der Waals surface area contributed by atoms with Crippen molar-refractivity contribution in [1.29, 1.82) is 0 Å². The number of hydrogen-bond acceptors (Lipinski definition) is 3. The monoisotopic (exact) mass is 264 g/mol. The molecule has 2 aliphatic carbocycles. The van der Waals surface area contributed by atoms with Gasteiger partial charge in [-0.1, -0.05) is 11.6 Å². The number of thiophene rings is 1. The number of rotatable bonds is 2. The number of halogens is 1. The van der Waals surface area contributed by atoms with Gasteiger partial charge < -0.3 is 0 Å². The van der Waals surface area contributed by atoms with E-state index in [9.17, 15) is 0 Å². The van der Waals surface area contributed by atoms with E-state index in [4.69, 9.17) is 16.6 Å². The molecule has 0 saturated heterocycles. The molecule has 0 N–H and O–H groups in total. The summed E-state index contributed by atoms with van der Waals surface area (Å²) in [4.78, 5) is 11.8. The van der Waals surface area contributed by atoms with Crippen molar-refractivity contribution in [2.75, 3.05) is 0 Å². The van der Waals surface area contributed by atoms with E-state index in [0.29, 0.717) is 5.15 Å². The lowest BCUT2D eigenvalue weighted by atomic mass is 10.2. The highest BCUT2D eigenvalue weighted by Crippen LogP contribution is 2.40. The second kappa shape index (κ2) is 3.66. The lowest BCUT2D eigenvalue weighted by molar-refractivity contribution is 0.777. The van der Waals surface area contributed by atoms with E-state index in [2.05, 4.69) is 4.98 Å². The summed E-state index contributed by atoms with van der Waals surface area (Å²) >= 11 is 8.17. The molecule has 0 amide bonds. The summed E-state index contributed by atoms with van der Waals surface area (Å²) in [5.74, 6) is 1.76. The van der Waals surface area contributed by atoms with Gasteiger partial charge in [0.2, 0.25) is 0 Å². The third-order valence-corrected chi connectivity index (χ3v) is 5.19. The highest BCUT2D eigenvalue weighted by atomic mass is 35.5. The van der Waals surface area contributed by atoms with Gasteiger partial charge in [0.15, 0.2) is 0 Å². The van der Waals surface area contributed by atoms with Gasteiger partial charge in [0.1, 0.15) is 15.8 Å². The Morgan fingerprint density at radius 3 is 2.94 bits per heavy atom. The van der Waals surface area contributed by atoms with Gasteiger partial charge in [-0.25, -0.2) is 9.97 Å². The van der Waals surface area contributed by atoms with Crippen molar-refractivity contribution >= 4 is 33.2 Å². The van der Waals surface area contributed by atoms with Crippen molar-refractivity contribution in [3.05, 3.63) is 21.4 Å². The van der Waals surface area contributed by atoms with Gasteiger partial charge in [0.05, 0.1) is 5.39 Å². The molecule has 2 aromatic heterocycles. The van der Waals surface area contributed by atoms with Crippen LogP contribution in [0.25, 0.3) is 10.2 Å². The highest BCUT2D eigenvalue weighted by molar-refractivity contribution is 7.19. The molecule has 0 bridgehead atoms. The molecule has 0 spiro atoms. The predicted molar refractivity (Wildman–Crippen MR) is 70.9 cm³/mol. The van der Waals surface area contributed by atoms with Crippen LogP contribution in [-0.2, 0) is 19.3 Å². The summed E-state index contributed by atoms with van der Waals surface area (Å²) in [5.41, 5.74) is 1.42. The minimum atomic E-state index is 0.685. The first-order chi connectivity index (χ1) is 8.31. The lowest BCUT2D eigenvalue weighted by Gasteiger charge is -2.01. The van der Waals surface area contributed by atoms with Crippen LogP contribution in [-0.4, -0.2) is 9.97 Å². The van der Waals surface area contributed by atoms with Gasteiger partial charge in [0, 0.05) is 11.3 Å². The van der Waals surface area contributed by atoms with Crippen LogP contribution in [0.3, 0.4) is 0 Å². The molecule has 88 valence electrons. The molecule has 2 aromatic rings. The maximum atomic E-state index is 6.35. The summed E-state index contributed by atoms with van der Waals surface area (Å²) in [6.07, 6.45) is 7.29. The number of hydrogen-bond donors (Lipinski definition) is 0. The summed E-state index contributed by atoms with van der Waals surface area (Å²) in [5, 5.41) is 1.83. The lowest BCUT2D eigenvalue weighted by Crippen LogP contribution is -1.97. The third kappa shape index (κ3) is 1.67. The fourth-order valence-corrected chi connectivity index (χ4v) is 4.30. The Balaban J connectivity index is 1.87. The van der Waals surface area contributed by atoms with Gasteiger partial charge in [-0.2, -0.15) is 0 Å². The maximum absolute atomic E-state index is 6.35. The van der Waals surface area contributed by atoms with Gasteiger partial charge in [-0.15, -0.1) is 11.3 Å². The molecule has 2 heterocycles. The Morgan fingerprint density at radius 2 is 2.12 bits per heavy atom. The zero-order valence-corrected chi connectivity index (χ0v) is 11.1. The topological polar surface area (TPSA) is 25.8 Å². The third-order valence-electron chi connectivity index (χ3n) is 3.74. The standard InChI is InChI=1S/C13H13ClN2S/c14-12-11-8-2-1-3-9(8)17-13(11)16-10(15-12)6-7-4-5-7/h7H,1-6H2.